The van der Waals surface area contributed by atoms with Gasteiger partial charge in [-0.1, -0.05) is 52.8 Å². The summed E-state index contributed by atoms with van der Waals surface area (Å²) in [7, 11) is 2.56. The highest BCUT2D eigenvalue weighted by molar-refractivity contribution is 8.76. The number of carbonyl (C=O) groups is 4. The third-order valence-corrected chi connectivity index (χ3v) is 8.82. The predicted octanol–water partition coefficient (Wildman–Crippen LogP) is 1.82. The van der Waals surface area contributed by atoms with Crippen LogP contribution in [0.1, 0.15) is 38.3 Å². The van der Waals surface area contributed by atoms with Crippen LogP contribution in [-0.4, -0.2) is 97.1 Å². The molecule has 0 saturated heterocycles. The van der Waals surface area contributed by atoms with Crippen LogP contribution in [0.5, 0.6) is 0 Å². The van der Waals surface area contributed by atoms with Gasteiger partial charge in [0.05, 0.1) is 26.4 Å². The molecule has 1 aromatic carbocycles. The number of hydrogen-bond acceptors (Lipinski definition) is 11. The summed E-state index contributed by atoms with van der Waals surface area (Å²) in [6, 6.07) is 9.82. The highest BCUT2D eigenvalue weighted by atomic mass is 33.1. The molecule has 0 radical (unpaired) electrons. The first-order chi connectivity index (χ1) is 22.2. The quantitative estimate of drug-likeness (QED) is 0.0661. The number of benzene rings is 1. The van der Waals surface area contributed by atoms with Gasteiger partial charge < -0.3 is 35.2 Å². The van der Waals surface area contributed by atoms with Gasteiger partial charge in [0.25, 0.3) is 5.91 Å². The molecule has 1 heterocycles. The second-order valence-corrected chi connectivity index (χ2v) is 12.4. The summed E-state index contributed by atoms with van der Waals surface area (Å²) in [5, 5.41) is 23.9. The minimum Gasteiger partial charge on any atom is -0.464 e. The van der Waals surface area contributed by atoms with E-state index in [1.54, 1.807) is 37.7 Å². The molecule has 0 aliphatic heterocycles. The monoisotopic (exact) mass is 677 g/mol. The standard InChI is InChI=1S/C32H44N4O8S2/c1-4-29(39)33-27(31(41)43-5-2)22-45-46-23-28(32(42)44-6-3)34-30(40)21-35-15-13-25(14-16-35)8-7-24-9-11-26(12-10-24)36(17-19-37)18-20-38/h7-16,27-28,37-38H,4-6,17-23H2,1-3H3,(H-,33,34,39,40)/p+1. The second kappa shape index (κ2) is 22.0. The molecule has 4 N–H and O–H groups in total. The summed E-state index contributed by atoms with van der Waals surface area (Å²) in [4.78, 5) is 51.3. The Hall–Kier alpha value is -3.59. The Morgan fingerprint density at radius 2 is 1.26 bits per heavy atom. The fourth-order valence-corrected chi connectivity index (χ4v) is 6.34. The van der Waals surface area contributed by atoms with Crippen molar-refractivity contribution in [3.63, 3.8) is 0 Å². The Balaban J connectivity index is 1.92. The number of amides is 2. The number of aliphatic hydroxyl groups is 2. The lowest BCUT2D eigenvalue weighted by molar-refractivity contribution is -0.684. The van der Waals surface area contributed by atoms with Crippen molar-refractivity contribution >= 4 is 63.2 Å². The zero-order valence-electron chi connectivity index (χ0n) is 26.6. The number of nitrogens with one attached hydrogen (secondary N) is 2. The molecule has 2 aromatic rings. The molecule has 1 aromatic heterocycles. The van der Waals surface area contributed by atoms with Gasteiger partial charge in [-0.15, -0.1) is 0 Å². The normalized spacial score (nSPS) is 12.3. The summed E-state index contributed by atoms with van der Waals surface area (Å²) < 4.78 is 11.9. The first-order valence-electron chi connectivity index (χ1n) is 15.1. The molecule has 0 spiro atoms. The molecule has 14 heteroatoms. The van der Waals surface area contributed by atoms with Crippen molar-refractivity contribution in [3.8, 4) is 0 Å². The largest absolute Gasteiger partial charge is 0.464 e. The SMILES string of the molecule is CCOC(=O)C(CSSCC(NC(=O)C[n+]1ccc(/C=C/c2ccc(N(CCO)CCO)cc2)cc1)C(=O)OCC)NC(=O)CC. The Morgan fingerprint density at radius 1 is 0.783 bits per heavy atom. The molecule has 0 saturated carbocycles. The minimum absolute atomic E-state index is 0.00384. The van der Waals surface area contributed by atoms with Gasteiger partial charge in [-0.2, -0.15) is 4.57 Å². The smallest absolute Gasteiger partial charge is 0.329 e. The fourth-order valence-electron chi connectivity index (χ4n) is 4.04. The number of rotatable bonds is 21. The van der Waals surface area contributed by atoms with Gasteiger partial charge in [0.15, 0.2) is 12.4 Å². The Morgan fingerprint density at radius 3 is 1.72 bits per heavy atom. The van der Waals surface area contributed by atoms with Crippen molar-refractivity contribution in [1.82, 2.24) is 10.6 Å². The number of aliphatic hydroxyl groups excluding tert-OH is 2. The van der Waals surface area contributed by atoms with E-state index in [2.05, 4.69) is 10.6 Å². The van der Waals surface area contributed by atoms with Crippen molar-refractivity contribution in [2.24, 2.45) is 0 Å². The minimum atomic E-state index is -0.898. The Labute approximate surface area is 278 Å². The molecule has 46 heavy (non-hydrogen) atoms. The van der Waals surface area contributed by atoms with E-state index in [1.165, 1.54) is 21.6 Å². The molecule has 12 nitrogen and oxygen atoms in total. The van der Waals surface area contributed by atoms with E-state index in [0.717, 1.165) is 16.8 Å². The van der Waals surface area contributed by atoms with Crippen LogP contribution in [-0.2, 0) is 35.2 Å². The van der Waals surface area contributed by atoms with Crippen LogP contribution in [0.3, 0.4) is 0 Å². The molecule has 2 unspecified atom stereocenters. The highest BCUT2D eigenvalue weighted by Gasteiger charge is 2.26. The third-order valence-electron chi connectivity index (χ3n) is 6.40. The molecule has 0 fully saturated rings. The molecule has 2 atom stereocenters. The van der Waals surface area contributed by atoms with Crippen molar-refractivity contribution < 1.29 is 43.4 Å². The van der Waals surface area contributed by atoms with Crippen molar-refractivity contribution in [2.45, 2.75) is 45.8 Å². The molecular weight excluding hydrogens is 633 g/mol. The third kappa shape index (κ3) is 14.2. The van der Waals surface area contributed by atoms with Crippen LogP contribution >= 0.6 is 21.6 Å². The molecule has 2 rings (SSSR count). The first kappa shape index (κ1) is 38.6. The molecule has 0 bridgehead atoms. The topological polar surface area (TPSA) is 158 Å². The van der Waals surface area contributed by atoms with E-state index in [0.29, 0.717) is 13.1 Å². The van der Waals surface area contributed by atoms with Crippen LogP contribution < -0.4 is 20.1 Å². The van der Waals surface area contributed by atoms with Crippen molar-refractivity contribution in [2.75, 3.05) is 55.9 Å². The molecular formula is C32H45N4O8S2+. The van der Waals surface area contributed by atoms with Gasteiger partial charge in [0, 0.05) is 48.8 Å². The average molecular weight is 678 g/mol. The van der Waals surface area contributed by atoms with Crippen LogP contribution in [0.2, 0.25) is 0 Å². The van der Waals surface area contributed by atoms with Crippen LogP contribution in [0.25, 0.3) is 12.2 Å². The lowest BCUT2D eigenvalue weighted by atomic mass is 10.1. The summed E-state index contributed by atoms with van der Waals surface area (Å²) in [5.74, 6) is -1.29. The maximum absolute atomic E-state index is 12.8. The number of anilines is 1. The summed E-state index contributed by atoms with van der Waals surface area (Å²) in [6.07, 6.45) is 7.69. The zero-order chi connectivity index (χ0) is 33.7. The Kier molecular flexibility index (Phi) is 18.5. The van der Waals surface area contributed by atoms with E-state index >= 15 is 0 Å². The van der Waals surface area contributed by atoms with Gasteiger partial charge >= 0.3 is 11.9 Å². The predicted molar refractivity (Wildman–Crippen MR) is 181 cm³/mol. The number of pyridine rings is 1. The van der Waals surface area contributed by atoms with E-state index in [1.807, 2.05) is 53.5 Å². The number of nitrogens with zero attached hydrogens (tertiary/aromatic N) is 2. The number of hydrogen-bond donors (Lipinski definition) is 4. The van der Waals surface area contributed by atoms with Crippen molar-refractivity contribution in [3.05, 3.63) is 59.9 Å². The maximum Gasteiger partial charge on any atom is 0.329 e. The van der Waals surface area contributed by atoms with Crippen LogP contribution in [0.4, 0.5) is 5.69 Å². The van der Waals surface area contributed by atoms with Crippen LogP contribution in [0.15, 0.2) is 48.8 Å². The fraction of sp³-hybridized carbons (Fsp3) is 0.469. The molecule has 0 aliphatic rings. The van der Waals surface area contributed by atoms with Gasteiger partial charge in [0.1, 0.15) is 12.1 Å². The summed E-state index contributed by atoms with van der Waals surface area (Å²) in [5.41, 5.74) is 2.83. The number of aromatic nitrogens is 1. The van der Waals surface area contributed by atoms with Crippen molar-refractivity contribution in [1.29, 1.82) is 0 Å². The lowest BCUT2D eigenvalue weighted by Gasteiger charge is -2.22. The summed E-state index contributed by atoms with van der Waals surface area (Å²) >= 11 is 0. The van der Waals surface area contributed by atoms with Crippen LogP contribution in [0, 0.1) is 0 Å². The Bertz CT molecular complexity index is 1260. The van der Waals surface area contributed by atoms with E-state index in [4.69, 9.17) is 9.47 Å². The molecule has 2 amide bonds. The molecule has 252 valence electrons. The number of carbonyl (C=O) groups excluding carboxylic acids is 4. The maximum atomic E-state index is 12.8. The van der Waals surface area contributed by atoms with E-state index in [-0.39, 0.29) is 62.7 Å². The highest BCUT2D eigenvalue weighted by Crippen LogP contribution is 2.24. The van der Waals surface area contributed by atoms with Gasteiger partial charge in [-0.25, -0.2) is 9.59 Å². The molecule has 0 aliphatic carbocycles. The van der Waals surface area contributed by atoms with Gasteiger partial charge in [-0.3, -0.25) is 9.59 Å². The van der Waals surface area contributed by atoms with Gasteiger partial charge in [0.2, 0.25) is 12.5 Å². The number of esters is 2. The van der Waals surface area contributed by atoms with Gasteiger partial charge in [-0.05, 0) is 37.1 Å². The summed E-state index contributed by atoms with van der Waals surface area (Å²) in [6.45, 7) is 6.31. The second-order valence-electron chi connectivity index (χ2n) is 9.83. The van der Waals surface area contributed by atoms with E-state index < -0.39 is 24.0 Å². The number of ether oxygens (including phenoxy) is 2. The zero-order valence-corrected chi connectivity index (χ0v) is 28.2. The average Bonchev–Trinajstić information content (AvgIpc) is 3.05. The van der Waals surface area contributed by atoms with E-state index in [9.17, 15) is 29.4 Å². The lowest BCUT2D eigenvalue weighted by Crippen LogP contribution is -2.49. The first-order valence-corrected chi connectivity index (χ1v) is 17.6.